The van der Waals surface area contributed by atoms with Crippen LogP contribution in [-0.4, -0.2) is 32.0 Å². The molecule has 0 atom stereocenters. The molecule has 2 aromatic heterocycles. The van der Waals surface area contributed by atoms with E-state index in [1.54, 1.807) is 0 Å². The summed E-state index contributed by atoms with van der Waals surface area (Å²) in [6, 6.07) is 10.3. The molecular formula is C15H17N5S. The average Bonchev–Trinajstić information content (AvgIpc) is 2.91. The molecule has 1 N–H and O–H groups in total. The van der Waals surface area contributed by atoms with Crippen molar-refractivity contribution < 1.29 is 0 Å². The van der Waals surface area contributed by atoms with Gasteiger partial charge in [-0.15, -0.1) is 0 Å². The number of hydrogen-bond acceptors (Lipinski definition) is 5. The molecule has 3 aromatic rings. The molecule has 108 valence electrons. The Balaban J connectivity index is 2.21. The Bertz CT molecular complexity index is 751. The molecule has 0 aliphatic carbocycles. The number of hydrogen-bond donors (Lipinski definition) is 1. The minimum absolute atomic E-state index is 0.304. The lowest BCUT2D eigenvalue weighted by molar-refractivity contribution is 0.861. The zero-order chi connectivity index (χ0) is 14.8. The Morgan fingerprint density at radius 1 is 1.14 bits per heavy atom. The fourth-order valence-corrected chi connectivity index (χ4v) is 2.48. The van der Waals surface area contributed by atoms with Gasteiger partial charge in [-0.3, -0.25) is 0 Å². The Labute approximate surface area is 127 Å². The standard InChI is InChI=1S/C15H17N5S/c1-10(2)17-13-12-9-16-20(11-7-5-4-6-8-11)14(12)19-15(18-13)21-3/h4-10H,1-3H3,(H,17,18,19). The number of para-hydroxylation sites is 1. The third-order valence-electron chi connectivity index (χ3n) is 3.02. The lowest BCUT2D eigenvalue weighted by Gasteiger charge is -2.11. The first-order valence-corrected chi connectivity index (χ1v) is 8.03. The van der Waals surface area contributed by atoms with E-state index in [4.69, 9.17) is 0 Å². The molecule has 6 heteroatoms. The number of anilines is 1. The largest absolute Gasteiger partial charge is 0.367 e. The molecule has 0 radical (unpaired) electrons. The number of aromatic nitrogens is 4. The van der Waals surface area contributed by atoms with Crippen molar-refractivity contribution in [3.8, 4) is 5.69 Å². The molecule has 3 rings (SSSR count). The molecule has 2 heterocycles. The van der Waals surface area contributed by atoms with E-state index < -0.39 is 0 Å². The number of fused-ring (bicyclic) bond motifs is 1. The van der Waals surface area contributed by atoms with Crippen molar-refractivity contribution in [2.75, 3.05) is 11.6 Å². The van der Waals surface area contributed by atoms with E-state index in [1.165, 1.54) is 11.8 Å². The van der Waals surface area contributed by atoms with Crippen molar-refractivity contribution in [2.45, 2.75) is 25.0 Å². The van der Waals surface area contributed by atoms with Gasteiger partial charge >= 0.3 is 0 Å². The van der Waals surface area contributed by atoms with Gasteiger partial charge in [-0.25, -0.2) is 14.6 Å². The summed E-state index contributed by atoms with van der Waals surface area (Å²) in [7, 11) is 0. The highest BCUT2D eigenvalue weighted by Crippen LogP contribution is 2.25. The van der Waals surface area contributed by atoms with Crippen LogP contribution < -0.4 is 5.32 Å². The quantitative estimate of drug-likeness (QED) is 0.591. The highest BCUT2D eigenvalue weighted by molar-refractivity contribution is 7.98. The van der Waals surface area contributed by atoms with Crippen LogP contribution >= 0.6 is 11.8 Å². The second-order valence-electron chi connectivity index (χ2n) is 4.99. The molecule has 0 saturated carbocycles. The minimum Gasteiger partial charge on any atom is -0.367 e. The van der Waals surface area contributed by atoms with Gasteiger partial charge in [-0.05, 0) is 32.2 Å². The van der Waals surface area contributed by atoms with Gasteiger partial charge in [0.25, 0.3) is 0 Å². The van der Waals surface area contributed by atoms with Crippen molar-refractivity contribution in [1.82, 2.24) is 19.7 Å². The van der Waals surface area contributed by atoms with E-state index in [0.29, 0.717) is 6.04 Å². The highest BCUT2D eigenvalue weighted by atomic mass is 32.2. The van der Waals surface area contributed by atoms with E-state index in [1.807, 2.05) is 47.5 Å². The van der Waals surface area contributed by atoms with Crippen molar-refractivity contribution in [3.05, 3.63) is 36.5 Å². The molecule has 0 aliphatic rings. The summed E-state index contributed by atoms with van der Waals surface area (Å²) in [5.41, 5.74) is 1.82. The summed E-state index contributed by atoms with van der Waals surface area (Å²) in [5, 5.41) is 9.52. The maximum atomic E-state index is 4.61. The van der Waals surface area contributed by atoms with Gasteiger partial charge in [-0.2, -0.15) is 5.10 Å². The molecule has 0 fully saturated rings. The zero-order valence-electron chi connectivity index (χ0n) is 12.2. The van der Waals surface area contributed by atoms with Crippen LogP contribution in [0.2, 0.25) is 0 Å². The fraction of sp³-hybridized carbons (Fsp3) is 0.267. The molecule has 1 aromatic carbocycles. The van der Waals surface area contributed by atoms with Gasteiger partial charge in [0.15, 0.2) is 10.8 Å². The van der Waals surface area contributed by atoms with E-state index in [9.17, 15) is 0 Å². The average molecular weight is 299 g/mol. The number of thioether (sulfide) groups is 1. The van der Waals surface area contributed by atoms with Crippen LogP contribution in [0.15, 0.2) is 41.7 Å². The molecule has 0 amide bonds. The number of nitrogens with zero attached hydrogens (tertiary/aromatic N) is 4. The van der Waals surface area contributed by atoms with Crippen LogP contribution in [0.4, 0.5) is 5.82 Å². The minimum atomic E-state index is 0.304. The Morgan fingerprint density at radius 2 is 1.90 bits per heavy atom. The van der Waals surface area contributed by atoms with Gasteiger partial charge < -0.3 is 5.32 Å². The summed E-state index contributed by atoms with van der Waals surface area (Å²) in [5.74, 6) is 0.835. The molecule has 0 aliphatic heterocycles. The SMILES string of the molecule is CSc1nc(NC(C)C)c2cnn(-c3ccccc3)c2n1. The molecule has 0 spiro atoms. The summed E-state index contributed by atoms with van der Waals surface area (Å²) >= 11 is 1.53. The Hall–Kier alpha value is -2.08. The fourth-order valence-electron chi connectivity index (χ4n) is 2.12. The van der Waals surface area contributed by atoms with Crippen LogP contribution in [0.25, 0.3) is 16.7 Å². The molecule has 0 bridgehead atoms. The number of rotatable bonds is 4. The molecule has 5 nitrogen and oxygen atoms in total. The third kappa shape index (κ3) is 2.71. The monoisotopic (exact) mass is 299 g/mol. The van der Waals surface area contributed by atoms with E-state index in [2.05, 4.69) is 34.2 Å². The smallest absolute Gasteiger partial charge is 0.191 e. The second-order valence-corrected chi connectivity index (χ2v) is 5.76. The summed E-state index contributed by atoms with van der Waals surface area (Å²) in [6.07, 6.45) is 3.79. The Kier molecular flexibility index (Phi) is 3.79. The highest BCUT2D eigenvalue weighted by Gasteiger charge is 2.14. The van der Waals surface area contributed by atoms with E-state index >= 15 is 0 Å². The van der Waals surface area contributed by atoms with Gasteiger partial charge in [-0.1, -0.05) is 30.0 Å². The van der Waals surface area contributed by atoms with Gasteiger partial charge in [0.2, 0.25) is 0 Å². The van der Waals surface area contributed by atoms with E-state index in [-0.39, 0.29) is 0 Å². The Morgan fingerprint density at radius 3 is 2.57 bits per heavy atom. The first-order chi connectivity index (χ1) is 10.2. The number of nitrogens with one attached hydrogen (secondary N) is 1. The second kappa shape index (κ2) is 5.73. The van der Waals surface area contributed by atoms with Gasteiger partial charge in [0.1, 0.15) is 5.82 Å². The maximum absolute atomic E-state index is 4.61. The molecule has 0 unspecified atom stereocenters. The predicted molar refractivity (Wildman–Crippen MR) is 87.2 cm³/mol. The van der Waals surface area contributed by atoms with Crippen LogP contribution in [0.3, 0.4) is 0 Å². The predicted octanol–water partition coefficient (Wildman–Crippen LogP) is 3.36. The normalized spacial score (nSPS) is 11.2. The van der Waals surface area contributed by atoms with Crippen molar-refractivity contribution in [3.63, 3.8) is 0 Å². The summed E-state index contributed by atoms with van der Waals surface area (Å²) in [4.78, 5) is 9.16. The zero-order valence-corrected chi connectivity index (χ0v) is 13.1. The molecular weight excluding hydrogens is 282 g/mol. The van der Waals surface area contributed by atoms with Crippen LogP contribution in [-0.2, 0) is 0 Å². The van der Waals surface area contributed by atoms with Crippen LogP contribution in [0.1, 0.15) is 13.8 Å². The van der Waals surface area contributed by atoms with Gasteiger partial charge in [0.05, 0.1) is 17.3 Å². The first-order valence-electron chi connectivity index (χ1n) is 6.80. The lowest BCUT2D eigenvalue weighted by Crippen LogP contribution is -2.12. The van der Waals surface area contributed by atoms with Gasteiger partial charge in [0, 0.05) is 6.04 Å². The number of benzene rings is 1. The first kappa shape index (κ1) is 13.9. The lowest BCUT2D eigenvalue weighted by atomic mass is 10.3. The van der Waals surface area contributed by atoms with Crippen molar-refractivity contribution in [2.24, 2.45) is 0 Å². The molecule has 0 saturated heterocycles. The van der Waals surface area contributed by atoms with Crippen LogP contribution in [0.5, 0.6) is 0 Å². The molecule has 21 heavy (non-hydrogen) atoms. The summed E-state index contributed by atoms with van der Waals surface area (Å²) < 4.78 is 1.85. The maximum Gasteiger partial charge on any atom is 0.191 e. The van der Waals surface area contributed by atoms with Crippen LogP contribution in [0, 0.1) is 0 Å². The topological polar surface area (TPSA) is 55.6 Å². The van der Waals surface area contributed by atoms with E-state index in [0.717, 1.165) is 27.7 Å². The van der Waals surface area contributed by atoms with Crippen molar-refractivity contribution >= 4 is 28.6 Å². The van der Waals surface area contributed by atoms with Crippen molar-refractivity contribution in [1.29, 1.82) is 0 Å². The third-order valence-corrected chi connectivity index (χ3v) is 3.56. The summed E-state index contributed by atoms with van der Waals surface area (Å²) in [6.45, 7) is 4.18.